The molecular formula is C20H32ClN3O3. The molecule has 0 radical (unpaired) electrons. The summed E-state index contributed by atoms with van der Waals surface area (Å²) in [6, 6.07) is 8.36. The van der Waals surface area contributed by atoms with Crippen LogP contribution >= 0.6 is 11.6 Å². The van der Waals surface area contributed by atoms with Crippen molar-refractivity contribution in [2.75, 3.05) is 30.8 Å². The number of amides is 1. The van der Waals surface area contributed by atoms with Gasteiger partial charge in [0.15, 0.2) is 0 Å². The highest BCUT2D eigenvalue weighted by molar-refractivity contribution is 6.18. The van der Waals surface area contributed by atoms with Gasteiger partial charge in [0.2, 0.25) is 0 Å². The SMILES string of the molecule is CC(C)(C)OC(=O)N1CCCC(NCc2ccc(NCC(O)CCl)cc2)C1. The number of carbonyl (C=O) groups is 1. The number of alkyl halides is 1. The van der Waals surface area contributed by atoms with Crippen LogP contribution in [0.2, 0.25) is 0 Å². The van der Waals surface area contributed by atoms with E-state index in [0.29, 0.717) is 13.1 Å². The van der Waals surface area contributed by atoms with Crippen LogP contribution in [0.25, 0.3) is 0 Å². The summed E-state index contributed by atoms with van der Waals surface area (Å²) >= 11 is 5.59. The molecule has 1 aliphatic heterocycles. The summed E-state index contributed by atoms with van der Waals surface area (Å²) in [5.41, 5.74) is 1.66. The highest BCUT2D eigenvalue weighted by atomic mass is 35.5. The molecule has 6 nitrogen and oxygen atoms in total. The molecule has 7 heteroatoms. The molecule has 152 valence electrons. The van der Waals surface area contributed by atoms with Gasteiger partial charge in [0.1, 0.15) is 5.60 Å². The smallest absolute Gasteiger partial charge is 0.410 e. The number of aliphatic hydroxyl groups excluding tert-OH is 1. The third kappa shape index (κ3) is 7.95. The minimum absolute atomic E-state index is 0.219. The molecule has 1 aromatic rings. The van der Waals surface area contributed by atoms with Crippen LogP contribution in [0.4, 0.5) is 10.5 Å². The van der Waals surface area contributed by atoms with E-state index in [-0.39, 0.29) is 18.0 Å². The van der Waals surface area contributed by atoms with Crippen molar-refractivity contribution in [2.24, 2.45) is 0 Å². The molecule has 3 N–H and O–H groups in total. The Morgan fingerprint density at radius 2 is 2.07 bits per heavy atom. The van der Waals surface area contributed by atoms with Gasteiger partial charge >= 0.3 is 6.09 Å². The van der Waals surface area contributed by atoms with Gasteiger partial charge in [0.25, 0.3) is 0 Å². The second kappa shape index (κ2) is 10.2. The van der Waals surface area contributed by atoms with Crippen molar-refractivity contribution in [3.05, 3.63) is 29.8 Å². The molecule has 27 heavy (non-hydrogen) atoms. The number of piperidine rings is 1. The number of benzene rings is 1. The van der Waals surface area contributed by atoms with E-state index in [1.165, 1.54) is 5.56 Å². The first-order valence-corrected chi connectivity index (χ1v) is 10.1. The van der Waals surface area contributed by atoms with E-state index < -0.39 is 11.7 Å². The van der Waals surface area contributed by atoms with Crippen LogP contribution in [-0.4, -0.2) is 59.4 Å². The van der Waals surface area contributed by atoms with Crippen LogP contribution in [0.1, 0.15) is 39.2 Å². The predicted molar refractivity (Wildman–Crippen MR) is 109 cm³/mol. The van der Waals surface area contributed by atoms with Crippen LogP contribution in [-0.2, 0) is 11.3 Å². The van der Waals surface area contributed by atoms with Crippen molar-refractivity contribution in [3.63, 3.8) is 0 Å². The fourth-order valence-electron chi connectivity index (χ4n) is 2.93. The molecule has 1 aromatic carbocycles. The van der Waals surface area contributed by atoms with E-state index in [1.54, 1.807) is 4.90 Å². The Morgan fingerprint density at radius 3 is 2.70 bits per heavy atom. The van der Waals surface area contributed by atoms with E-state index in [2.05, 4.69) is 22.8 Å². The van der Waals surface area contributed by atoms with E-state index in [4.69, 9.17) is 16.3 Å². The first-order chi connectivity index (χ1) is 12.8. The Kier molecular flexibility index (Phi) is 8.20. The van der Waals surface area contributed by atoms with Gasteiger partial charge in [-0.25, -0.2) is 4.79 Å². The number of hydrogen-bond acceptors (Lipinski definition) is 5. The predicted octanol–water partition coefficient (Wildman–Crippen LogP) is 3.19. The quantitative estimate of drug-likeness (QED) is 0.616. The van der Waals surface area contributed by atoms with Gasteiger partial charge < -0.3 is 25.4 Å². The third-order valence-electron chi connectivity index (χ3n) is 4.34. The molecule has 0 aromatic heterocycles. The average Bonchev–Trinajstić information content (AvgIpc) is 2.64. The second-order valence-corrected chi connectivity index (χ2v) is 8.34. The Bertz CT molecular complexity index is 589. The Hall–Kier alpha value is -1.50. The molecule has 0 saturated carbocycles. The van der Waals surface area contributed by atoms with E-state index in [0.717, 1.165) is 31.6 Å². The summed E-state index contributed by atoms with van der Waals surface area (Å²) in [5.74, 6) is 0.219. The molecule has 1 amide bonds. The van der Waals surface area contributed by atoms with Crippen LogP contribution in [0.15, 0.2) is 24.3 Å². The van der Waals surface area contributed by atoms with E-state index >= 15 is 0 Å². The number of aliphatic hydroxyl groups is 1. The van der Waals surface area contributed by atoms with Crippen molar-refractivity contribution in [1.82, 2.24) is 10.2 Å². The van der Waals surface area contributed by atoms with Crippen LogP contribution in [0, 0.1) is 0 Å². The fourth-order valence-corrected chi connectivity index (χ4v) is 3.04. The maximum atomic E-state index is 12.2. The highest BCUT2D eigenvalue weighted by Crippen LogP contribution is 2.16. The van der Waals surface area contributed by atoms with Gasteiger partial charge in [-0.1, -0.05) is 12.1 Å². The van der Waals surface area contributed by atoms with E-state index in [9.17, 15) is 9.90 Å². The monoisotopic (exact) mass is 397 g/mol. The minimum Gasteiger partial charge on any atom is -0.444 e. The number of hydrogen-bond donors (Lipinski definition) is 3. The number of nitrogens with one attached hydrogen (secondary N) is 2. The summed E-state index contributed by atoms with van der Waals surface area (Å²) in [7, 11) is 0. The molecule has 2 atom stereocenters. The highest BCUT2D eigenvalue weighted by Gasteiger charge is 2.27. The normalized spacial score (nSPS) is 18.9. The van der Waals surface area contributed by atoms with Crippen molar-refractivity contribution >= 4 is 23.4 Å². The maximum absolute atomic E-state index is 12.2. The standard InChI is InChI=1S/C20H32ClN3O3/c1-20(2,3)27-19(26)24-10-4-5-17(14-24)22-12-15-6-8-16(9-7-15)23-13-18(25)11-21/h6-9,17-18,22-23,25H,4-5,10-14H2,1-3H3. The molecule has 1 heterocycles. The zero-order valence-corrected chi connectivity index (χ0v) is 17.3. The molecule has 2 unspecified atom stereocenters. The van der Waals surface area contributed by atoms with Gasteiger partial charge in [-0.05, 0) is 51.3 Å². The van der Waals surface area contributed by atoms with Crippen molar-refractivity contribution in [2.45, 2.75) is 57.9 Å². The molecule has 2 rings (SSSR count). The van der Waals surface area contributed by atoms with E-state index in [1.807, 2.05) is 32.9 Å². The first-order valence-electron chi connectivity index (χ1n) is 9.55. The third-order valence-corrected chi connectivity index (χ3v) is 4.70. The van der Waals surface area contributed by atoms with Gasteiger partial charge in [-0.15, -0.1) is 11.6 Å². The number of carbonyl (C=O) groups excluding carboxylic acids is 1. The zero-order valence-electron chi connectivity index (χ0n) is 16.5. The summed E-state index contributed by atoms with van der Waals surface area (Å²) < 4.78 is 5.48. The molecule has 1 fully saturated rings. The summed E-state index contributed by atoms with van der Waals surface area (Å²) in [4.78, 5) is 14.0. The lowest BCUT2D eigenvalue weighted by Gasteiger charge is -2.34. The summed E-state index contributed by atoms with van der Waals surface area (Å²) in [5, 5.41) is 16.2. The molecule has 0 bridgehead atoms. The van der Waals surface area contributed by atoms with Gasteiger partial charge in [0, 0.05) is 37.9 Å². The number of nitrogens with zero attached hydrogens (tertiary/aromatic N) is 1. The molecule has 0 aliphatic carbocycles. The molecule has 1 aliphatic rings. The lowest BCUT2D eigenvalue weighted by atomic mass is 10.1. The van der Waals surface area contributed by atoms with Crippen molar-refractivity contribution in [3.8, 4) is 0 Å². The van der Waals surface area contributed by atoms with Crippen molar-refractivity contribution < 1.29 is 14.6 Å². The van der Waals surface area contributed by atoms with Crippen molar-refractivity contribution in [1.29, 1.82) is 0 Å². The Morgan fingerprint density at radius 1 is 1.37 bits per heavy atom. The topological polar surface area (TPSA) is 73.8 Å². The summed E-state index contributed by atoms with van der Waals surface area (Å²) in [6.45, 7) is 8.27. The number of rotatable bonds is 7. The van der Waals surface area contributed by atoms with Crippen LogP contribution in [0.5, 0.6) is 0 Å². The van der Waals surface area contributed by atoms with Gasteiger partial charge in [0.05, 0.1) is 12.0 Å². The number of halogens is 1. The molecular weight excluding hydrogens is 366 g/mol. The summed E-state index contributed by atoms with van der Waals surface area (Å²) in [6.07, 6.45) is 1.24. The first kappa shape index (κ1) is 21.8. The Balaban J connectivity index is 1.77. The second-order valence-electron chi connectivity index (χ2n) is 8.03. The minimum atomic E-state index is -0.549. The molecule has 0 spiro atoms. The maximum Gasteiger partial charge on any atom is 0.410 e. The lowest BCUT2D eigenvalue weighted by molar-refractivity contribution is 0.0187. The van der Waals surface area contributed by atoms with Crippen LogP contribution < -0.4 is 10.6 Å². The van der Waals surface area contributed by atoms with Gasteiger partial charge in [-0.3, -0.25) is 0 Å². The number of ether oxygens (including phenoxy) is 1. The Labute approximate surface area is 167 Å². The van der Waals surface area contributed by atoms with Gasteiger partial charge in [-0.2, -0.15) is 0 Å². The number of anilines is 1. The number of likely N-dealkylation sites (tertiary alicyclic amines) is 1. The average molecular weight is 398 g/mol. The van der Waals surface area contributed by atoms with Crippen LogP contribution in [0.3, 0.4) is 0 Å². The lowest BCUT2D eigenvalue weighted by Crippen LogP contribution is -2.49. The fraction of sp³-hybridized carbons (Fsp3) is 0.650. The zero-order chi connectivity index (χ0) is 19.9. The molecule has 1 saturated heterocycles. The largest absolute Gasteiger partial charge is 0.444 e.